The Morgan fingerprint density at radius 2 is 2.09 bits per heavy atom. The lowest BCUT2D eigenvalue weighted by Gasteiger charge is -2.21. The van der Waals surface area contributed by atoms with Crippen molar-refractivity contribution in [1.82, 2.24) is 4.31 Å². The third kappa shape index (κ3) is 3.50. The van der Waals surface area contributed by atoms with Crippen molar-refractivity contribution in [2.45, 2.75) is 19.9 Å². The van der Waals surface area contributed by atoms with Crippen LogP contribution in [0.4, 0.5) is 0 Å². The lowest BCUT2D eigenvalue weighted by Crippen LogP contribution is -2.41. The second-order valence-electron chi connectivity index (χ2n) is 2.50. The van der Waals surface area contributed by atoms with Gasteiger partial charge < -0.3 is 0 Å². The number of nitrogens with two attached hydrogens (primary N) is 1. The molecule has 66 valence electrons. The first kappa shape index (κ1) is 10.6. The Labute approximate surface area is 67.9 Å². The van der Waals surface area contributed by atoms with Crippen LogP contribution in [-0.2, 0) is 10.2 Å². The normalized spacial score (nSPS) is 12.5. The molecule has 0 aromatic heterocycles. The maximum atomic E-state index is 10.8. The summed E-state index contributed by atoms with van der Waals surface area (Å²) >= 11 is 0. The standard InChI is InChI=1S/C6H14N2O2S/c1-4-5-8(6(2)3)11(7,9)10/h4,6H,1,5H2,2-3H3,(H2,7,9,10). The van der Waals surface area contributed by atoms with Gasteiger partial charge >= 0.3 is 0 Å². The smallest absolute Gasteiger partial charge is 0.216 e. The number of nitrogens with zero attached hydrogens (tertiary/aromatic N) is 1. The zero-order valence-electron chi connectivity index (χ0n) is 6.82. The Bertz CT molecular complexity index is 221. The second-order valence-corrected chi connectivity index (χ2v) is 4.00. The molecule has 2 N–H and O–H groups in total. The van der Waals surface area contributed by atoms with E-state index < -0.39 is 10.2 Å². The molecule has 0 saturated heterocycles. The van der Waals surface area contributed by atoms with Gasteiger partial charge in [0.25, 0.3) is 10.2 Å². The molecule has 0 aliphatic rings. The lowest BCUT2D eigenvalue weighted by molar-refractivity contribution is 0.383. The lowest BCUT2D eigenvalue weighted by atomic mass is 10.4. The molecule has 0 aliphatic carbocycles. The van der Waals surface area contributed by atoms with E-state index in [0.29, 0.717) is 0 Å². The first-order chi connectivity index (χ1) is 4.89. The first-order valence-electron chi connectivity index (χ1n) is 3.30. The molecule has 0 heterocycles. The summed E-state index contributed by atoms with van der Waals surface area (Å²) in [5.74, 6) is 0. The summed E-state index contributed by atoms with van der Waals surface area (Å²) in [4.78, 5) is 0. The van der Waals surface area contributed by atoms with E-state index in [0.717, 1.165) is 0 Å². The fourth-order valence-corrected chi connectivity index (χ4v) is 1.64. The highest BCUT2D eigenvalue weighted by atomic mass is 32.2. The average Bonchev–Trinajstić information content (AvgIpc) is 1.79. The third-order valence-corrected chi connectivity index (χ3v) is 2.44. The summed E-state index contributed by atoms with van der Waals surface area (Å²) in [6.45, 7) is 7.21. The van der Waals surface area contributed by atoms with Gasteiger partial charge in [0.2, 0.25) is 0 Å². The summed E-state index contributed by atoms with van der Waals surface area (Å²) in [5, 5.41) is 4.92. The summed E-state index contributed by atoms with van der Waals surface area (Å²) in [5.41, 5.74) is 0. The van der Waals surface area contributed by atoms with E-state index in [9.17, 15) is 8.42 Å². The van der Waals surface area contributed by atoms with E-state index in [-0.39, 0.29) is 12.6 Å². The summed E-state index contributed by atoms with van der Waals surface area (Å²) in [6, 6.07) is -0.122. The predicted molar refractivity (Wildman–Crippen MR) is 45.1 cm³/mol. The van der Waals surface area contributed by atoms with Gasteiger partial charge in [-0.2, -0.15) is 12.7 Å². The quantitative estimate of drug-likeness (QED) is 0.620. The minimum absolute atomic E-state index is 0.122. The monoisotopic (exact) mass is 178 g/mol. The molecule has 0 atom stereocenters. The Kier molecular flexibility index (Phi) is 3.71. The highest BCUT2D eigenvalue weighted by molar-refractivity contribution is 7.86. The SMILES string of the molecule is C=CCN(C(C)C)S(N)(=O)=O. The topological polar surface area (TPSA) is 63.4 Å². The zero-order chi connectivity index (χ0) is 9.07. The molecule has 0 aromatic carbocycles. The van der Waals surface area contributed by atoms with Crippen LogP contribution in [0, 0.1) is 0 Å². The van der Waals surface area contributed by atoms with Gasteiger partial charge in [0.05, 0.1) is 0 Å². The van der Waals surface area contributed by atoms with E-state index in [4.69, 9.17) is 5.14 Å². The Morgan fingerprint density at radius 3 is 2.18 bits per heavy atom. The van der Waals surface area contributed by atoms with Crippen LogP contribution in [0.25, 0.3) is 0 Å². The minimum Gasteiger partial charge on any atom is -0.216 e. The highest BCUT2D eigenvalue weighted by Gasteiger charge is 2.18. The zero-order valence-corrected chi connectivity index (χ0v) is 7.63. The van der Waals surface area contributed by atoms with E-state index in [2.05, 4.69) is 6.58 Å². The van der Waals surface area contributed by atoms with Gasteiger partial charge in [-0.15, -0.1) is 6.58 Å². The molecular weight excluding hydrogens is 164 g/mol. The van der Waals surface area contributed by atoms with Crippen LogP contribution in [-0.4, -0.2) is 25.3 Å². The van der Waals surface area contributed by atoms with Crippen molar-refractivity contribution in [2.75, 3.05) is 6.54 Å². The van der Waals surface area contributed by atoms with Crippen LogP contribution >= 0.6 is 0 Å². The summed E-state index contributed by atoms with van der Waals surface area (Å²) in [6.07, 6.45) is 1.50. The third-order valence-electron chi connectivity index (χ3n) is 1.21. The number of hydrogen-bond donors (Lipinski definition) is 1. The van der Waals surface area contributed by atoms with Crippen molar-refractivity contribution in [3.8, 4) is 0 Å². The molecule has 0 aliphatic heterocycles. The fourth-order valence-electron chi connectivity index (χ4n) is 0.736. The van der Waals surface area contributed by atoms with Crippen molar-refractivity contribution in [2.24, 2.45) is 5.14 Å². The van der Waals surface area contributed by atoms with Crippen LogP contribution in [0.2, 0.25) is 0 Å². The molecule has 0 rings (SSSR count). The molecule has 5 heteroatoms. The maximum absolute atomic E-state index is 10.8. The second kappa shape index (κ2) is 3.85. The molecule has 0 aromatic rings. The van der Waals surface area contributed by atoms with Crippen LogP contribution in [0.3, 0.4) is 0 Å². The average molecular weight is 178 g/mol. The van der Waals surface area contributed by atoms with Crippen LogP contribution < -0.4 is 5.14 Å². The molecule has 0 radical (unpaired) electrons. The predicted octanol–water partition coefficient (Wildman–Crippen LogP) is 0.0863. The van der Waals surface area contributed by atoms with Crippen molar-refractivity contribution in [3.63, 3.8) is 0 Å². The Hall–Kier alpha value is -0.390. The molecule has 0 spiro atoms. The molecule has 0 fully saturated rings. The maximum Gasteiger partial charge on any atom is 0.277 e. The van der Waals surface area contributed by atoms with Crippen molar-refractivity contribution in [1.29, 1.82) is 0 Å². The highest BCUT2D eigenvalue weighted by Crippen LogP contribution is 2.01. The largest absolute Gasteiger partial charge is 0.277 e. The Morgan fingerprint density at radius 1 is 1.64 bits per heavy atom. The first-order valence-corrected chi connectivity index (χ1v) is 4.80. The van der Waals surface area contributed by atoms with E-state index in [1.807, 2.05) is 0 Å². The molecular formula is C6H14N2O2S. The molecule has 0 saturated carbocycles. The minimum atomic E-state index is -3.56. The Balaban J connectivity index is 4.48. The van der Waals surface area contributed by atoms with Crippen molar-refractivity contribution >= 4 is 10.2 Å². The van der Waals surface area contributed by atoms with E-state index in [1.165, 1.54) is 10.4 Å². The fraction of sp³-hybridized carbons (Fsp3) is 0.667. The van der Waals surface area contributed by atoms with Crippen molar-refractivity contribution < 1.29 is 8.42 Å². The molecule has 0 unspecified atom stereocenters. The van der Waals surface area contributed by atoms with E-state index >= 15 is 0 Å². The number of rotatable bonds is 4. The molecule has 4 nitrogen and oxygen atoms in total. The van der Waals surface area contributed by atoms with Gasteiger partial charge in [-0.25, -0.2) is 5.14 Å². The van der Waals surface area contributed by atoms with Crippen LogP contribution in [0.1, 0.15) is 13.8 Å². The molecule has 11 heavy (non-hydrogen) atoms. The van der Waals surface area contributed by atoms with Gasteiger partial charge in [-0.1, -0.05) is 6.08 Å². The van der Waals surface area contributed by atoms with Gasteiger partial charge in [-0.05, 0) is 13.8 Å². The number of hydrogen-bond acceptors (Lipinski definition) is 2. The van der Waals surface area contributed by atoms with Gasteiger partial charge in [-0.3, -0.25) is 0 Å². The van der Waals surface area contributed by atoms with Crippen LogP contribution in [0.5, 0.6) is 0 Å². The summed E-state index contributed by atoms with van der Waals surface area (Å²) < 4.78 is 22.8. The van der Waals surface area contributed by atoms with Gasteiger partial charge in [0, 0.05) is 12.6 Å². The summed E-state index contributed by atoms with van der Waals surface area (Å²) in [7, 11) is -3.56. The van der Waals surface area contributed by atoms with Crippen LogP contribution in [0.15, 0.2) is 12.7 Å². The molecule has 0 amide bonds. The van der Waals surface area contributed by atoms with Crippen molar-refractivity contribution in [3.05, 3.63) is 12.7 Å². The van der Waals surface area contributed by atoms with Gasteiger partial charge in [0.15, 0.2) is 0 Å². The molecule has 0 bridgehead atoms. The van der Waals surface area contributed by atoms with Gasteiger partial charge in [0.1, 0.15) is 0 Å². The van der Waals surface area contributed by atoms with E-state index in [1.54, 1.807) is 13.8 Å².